The average molecular weight is 299 g/mol. The van der Waals surface area contributed by atoms with Gasteiger partial charge in [0.05, 0.1) is 5.69 Å². The van der Waals surface area contributed by atoms with Crippen LogP contribution in [0, 0.1) is 6.92 Å². The maximum absolute atomic E-state index is 4.76. The first-order chi connectivity index (χ1) is 9.20. The highest BCUT2D eigenvalue weighted by molar-refractivity contribution is 7.99. The van der Waals surface area contributed by atoms with Crippen molar-refractivity contribution in [1.82, 2.24) is 10.3 Å². The first kappa shape index (κ1) is 15.3. The molecule has 0 aliphatic heterocycles. The van der Waals surface area contributed by atoms with E-state index in [0.29, 0.717) is 6.04 Å². The molecule has 1 saturated carbocycles. The van der Waals surface area contributed by atoms with Crippen molar-refractivity contribution in [2.24, 2.45) is 0 Å². The molecule has 0 amide bonds. The molecule has 2 nitrogen and oxygen atoms in total. The molecule has 4 heteroatoms. The van der Waals surface area contributed by atoms with Gasteiger partial charge in [-0.15, -0.1) is 11.3 Å². The lowest BCUT2D eigenvalue weighted by Crippen LogP contribution is -2.18. The van der Waals surface area contributed by atoms with E-state index in [9.17, 15) is 0 Å². The summed E-state index contributed by atoms with van der Waals surface area (Å²) < 4.78 is 0. The Morgan fingerprint density at radius 2 is 2.16 bits per heavy atom. The highest BCUT2D eigenvalue weighted by Gasteiger charge is 2.18. The van der Waals surface area contributed by atoms with Gasteiger partial charge in [-0.3, -0.25) is 0 Å². The largest absolute Gasteiger partial charge is 0.309 e. The molecular weight excluding hydrogens is 272 g/mol. The van der Waals surface area contributed by atoms with Crippen molar-refractivity contribution in [1.29, 1.82) is 0 Å². The highest BCUT2D eigenvalue weighted by Crippen LogP contribution is 2.34. The summed E-state index contributed by atoms with van der Waals surface area (Å²) in [5.41, 5.74) is 1.23. The van der Waals surface area contributed by atoms with Gasteiger partial charge >= 0.3 is 0 Å². The molecule has 108 valence electrons. The van der Waals surface area contributed by atoms with Crippen molar-refractivity contribution in [3.05, 3.63) is 15.6 Å². The van der Waals surface area contributed by atoms with Crippen LogP contribution < -0.4 is 5.32 Å². The van der Waals surface area contributed by atoms with Crippen LogP contribution in [0.1, 0.15) is 67.6 Å². The molecule has 0 spiro atoms. The number of thioether (sulfide) groups is 1. The zero-order valence-corrected chi connectivity index (χ0v) is 14.0. The Labute approximate surface area is 125 Å². The van der Waals surface area contributed by atoms with Crippen LogP contribution >= 0.6 is 23.1 Å². The van der Waals surface area contributed by atoms with E-state index in [4.69, 9.17) is 4.98 Å². The standard InChI is InChI=1S/C15H26N2S2/c1-4-9-16-11(2)15-12(3)17-14(19-15)10-18-13-7-5-6-8-13/h11,13,16H,4-10H2,1-3H3. The van der Waals surface area contributed by atoms with Crippen molar-refractivity contribution in [2.45, 2.75) is 69.9 Å². The first-order valence-corrected chi connectivity index (χ1v) is 9.38. The highest BCUT2D eigenvalue weighted by atomic mass is 32.2. The van der Waals surface area contributed by atoms with Gasteiger partial charge in [-0.05, 0) is 39.7 Å². The summed E-state index contributed by atoms with van der Waals surface area (Å²) in [6, 6.07) is 0.447. The van der Waals surface area contributed by atoms with E-state index in [1.54, 1.807) is 0 Å². The molecule has 1 heterocycles. The maximum Gasteiger partial charge on any atom is 0.103 e. The number of nitrogens with one attached hydrogen (secondary N) is 1. The average Bonchev–Trinajstić information content (AvgIpc) is 3.02. The molecule has 19 heavy (non-hydrogen) atoms. The molecule has 1 aromatic rings. The number of thiazole rings is 1. The third-order valence-corrected chi connectivity index (χ3v) is 6.62. The van der Waals surface area contributed by atoms with E-state index >= 15 is 0 Å². The van der Waals surface area contributed by atoms with Gasteiger partial charge in [0.1, 0.15) is 5.01 Å². The normalized spacial score (nSPS) is 18.1. The predicted octanol–water partition coefficient (Wildman–Crippen LogP) is 4.69. The van der Waals surface area contributed by atoms with Gasteiger partial charge in [-0.25, -0.2) is 4.98 Å². The van der Waals surface area contributed by atoms with Crippen molar-refractivity contribution < 1.29 is 0 Å². The van der Waals surface area contributed by atoms with Crippen molar-refractivity contribution >= 4 is 23.1 Å². The van der Waals surface area contributed by atoms with Gasteiger partial charge in [-0.2, -0.15) is 11.8 Å². The molecule has 0 saturated heterocycles. The zero-order chi connectivity index (χ0) is 13.7. The van der Waals surface area contributed by atoms with Crippen molar-refractivity contribution in [3.63, 3.8) is 0 Å². The molecule has 0 bridgehead atoms. The van der Waals surface area contributed by atoms with Crippen LogP contribution in [0.2, 0.25) is 0 Å². The molecule has 1 aliphatic carbocycles. The first-order valence-electron chi connectivity index (χ1n) is 7.52. The Morgan fingerprint density at radius 1 is 1.42 bits per heavy atom. The Bertz CT molecular complexity index is 383. The fourth-order valence-electron chi connectivity index (χ4n) is 2.63. The summed E-state index contributed by atoms with van der Waals surface area (Å²) >= 11 is 4.02. The van der Waals surface area contributed by atoms with E-state index < -0.39 is 0 Å². The molecule has 2 rings (SSSR count). The number of hydrogen-bond donors (Lipinski definition) is 1. The van der Waals surface area contributed by atoms with E-state index in [2.05, 4.69) is 37.8 Å². The summed E-state index contributed by atoms with van der Waals surface area (Å²) in [6.45, 7) is 7.71. The van der Waals surface area contributed by atoms with Crippen LogP contribution in [-0.2, 0) is 5.75 Å². The Morgan fingerprint density at radius 3 is 2.84 bits per heavy atom. The van der Waals surface area contributed by atoms with Crippen molar-refractivity contribution in [2.75, 3.05) is 6.54 Å². The molecule has 1 atom stereocenters. The molecule has 1 fully saturated rings. The zero-order valence-electron chi connectivity index (χ0n) is 12.4. The Hall–Kier alpha value is -0.0600. The van der Waals surface area contributed by atoms with E-state index in [-0.39, 0.29) is 0 Å². The molecule has 0 radical (unpaired) electrons. The molecular formula is C15H26N2S2. The lowest BCUT2D eigenvalue weighted by molar-refractivity contribution is 0.575. The second kappa shape index (κ2) is 7.65. The van der Waals surface area contributed by atoms with Gasteiger partial charge in [0.2, 0.25) is 0 Å². The fraction of sp³-hybridized carbons (Fsp3) is 0.800. The lowest BCUT2D eigenvalue weighted by Gasteiger charge is -2.11. The van der Waals surface area contributed by atoms with Crippen molar-refractivity contribution in [3.8, 4) is 0 Å². The summed E-state index contributed by atoms with van der Waals surface area (Å²) in [5, 5.41) is 5.77. The van der Waals surface area contributed by atoms with Gasteiger partial charge in [-0.1, -0.05) is 19.8 Å². The monoisotopic (exact) mass is 298 g/mol. The van der Waals surface area contributed by atoms with Crippen LogP contribution in [0.25, 0.3) is 0 Å². The quantitative estimate of drug-likeness (QED) is 0.790. The number of hydrogen-bond acceptors (Lipinski definition) is 4. The summed E-state index contributed by atoms with van der Waals surface area (Å²) in [7, 11) is 0. The topological polar surface area (TPSA) is 24.9 Å². The van der Waals surface area contributed by atoms with Gasteiger partial charge in [0.15, 0.2) is 0 Å². The van der Waals surface area contributed by atoms with E-state index in [1.165, 1.54) is 47.7 Å². The predicted molar refractivity (Wildman–Crippen MR) is 87.1 cm³/mol. The second-order valence-corrected chi connectivity index (χ2v) is 7.85. The van der Waals surface area contributed by atoms with Gasteiger partial charge < -0.3 is 5.32 Å². The summed E-state index contributed by atoms with van der Waals surface area (Å²) in [4.78, 5) is 6.18. The minimum absolute atomic E-state index is 0.447. The molecule has 1 unspecified atom stereocenters. The van der Waals surface area contributed by atoms with Gasteiger partial charge in [0, 0.05) is 21.9 Å². The molecule has 1 aliphatic rings. The van der Waals surface area contributed by atoms with E-state index in [1.807, 2.05) is 11.3 Å². The third-order valence-electron chi connectivity index (χ3n) is 3.72. The van der Waals surface area contributed by atoms with Gasteiger partial charge in [0.25, 0.3) is 0 Å². The minimum atomic E-state index is 0.447. The summed E-state index contributed by atoms with van der Waals surface area (Å²) in [5.74, 6) is 1.11. The SMILES string of the molecule is CCCNC(C)c1sc(CSC2CCCC2)nc1C. The molecule has 1 N–H and O–H groups in total. The molecule has 1 aromatic heterocycles. The number of rotatable bonds is 7. The third kappa shape index (κ3) is 4.47. The second-order valence-electron chi connectivity index (χ2n) is 5.45. The molecule has 0 aromatic carbocycles. The van der Waals surface area contributed by atoms with Crippen LogP contribution in [-0.4, -0.2) is 16.8 Å². The van der Waals surface area contributed by atoms with Crippen LogP contribution in [0.5, 0.6) is 0 Å². The number of aryl methyl sites for hydroxylation is 1. The minimum Gasteiger partial charge on any atom is -0.309 e. The van der Waals surface area contributed by atoms with E-state index in [0.717, 1.165) is 17.5 Å². The Kier molecular flexibility index (Phi) is 6.17. The Balaban J connectivity index is 1.88. The summed E-state index contributed by atoms with van der Waals surface area (Å²) in [6.07, 6.45) is 6.87. The van der Waals surface area contributed by atoms with Crippen LogP contribution in [0.4, 0.5) is 0 Å². The van der Waals surface area contributed by atoms with Crippen LogP contribution in [0.15, 0.2) is 0 Å². The lowest BCUT2D eigenvalue weighted by atomic mass is 10.2. The smallest absolute Gasteiger partial charge is 0.103 e. The number of aromatic nitrogens is 1. The van der Waals surface area contributed by atoms with Crippen LogP contribution in [0.3, 0.4) is 0 Å². The number of nitrogens with zero attached hydrogens (tertiary/aromatic N) is 1. The maximum atomic E-state index is 4.76. The fourth-order valence-corrected chi connectivity index (χ4v) is 5.07.